The molecule has 0 radical (unpaired) electrons. The van der Waals surface area contributed by atoms with E-state index in [1.807, 2.05) is 34.9 Å². The van der Waals surface area contributed by atoms with E-state index in [-0.39, 0.29) is 17.9 Å². The predicted octanol–water partition coefficient (Wildman–Crippen LogP) is 5.04. The van der Waals surface area contributed by atoms with Gasteiger partial charge >= 0.3 is 0 Å². The van der Waals surface area contributed by atoms with E-state index in [2.05, 4.69) is 5.32 Å². The van der Waals surface area contributed by atoms with Crippen molar-refractivity contribution in [3.8, 4) is 0 Å². The summed E-state index contributed by atoms with van der Waals surface area (Å²) < 4.78 is 16.1. The van der Waals surface area contributed by atoms with Gasteiger partial charge in [-0.3, -0.25) is 14.5 Å². The first kappa shape index (κ1) is 20.7. The molecule has 1 aliphatic carbocycles. The van der Waals surface area contributed by atoms with E-state index in [9.17, 15) is 14.0 Å². The van der Waals surface area contributed by atoms with Crippen LogP contribution in [0.4, 0.5) is 10.1 Å². The number of benzene rings is 2. The molecule has 1 aliphatic heterocycles. The van der Waals surface area contributed by atoms with Gasteiger partial charge in [0.1, 0.15) is 17.1 Å². The second-order valence-electron chi connectivity index (χ2n) is 9.23. The largest absolute Gasteiger partial charge is 0.351 e. The molecule has 3 aromatic rings. The highest BCUT2D eigenvalue weighted by Crippen LogP contribution is 2.36. The molecule has 2 aromatic carbocycles. The van der Waals surface area contributed by atoms with Gasteiger partial charge in [-0.2, -0.15) is 0 Å². The number of anilines is 1. The molecule has 1 unspecified atom stereocenters. The summed E-state index contributed by atoms with van der Waals surface area (Å²) in [5.74, 6) is -0.921. The lowest BCUT2D eigenvalue weighted by Gasteiger charge is -2.44. The lowest BCUT2D eigenvalue weighted by Crippen LogP contribution is -2.65. The van der Waals surface area contributed by atoms with Crippen LogP contribution in [0, 0.1) is 5.82 Å². The monoisotopic (exact) mass is 433 g/mol. The Morgan fingerprint density at radius 1 is 1.03 bits per heavy atom. The number of nitrogens with one attached hydrogen (secondary N) is 1. The zero-order chi connectivity index (χ0) is 22.3. The van der Waals surface area contributed by atoms with E-state index in [1.165, 1.54) is 29.9 Å². The van der Waals surface area contributed by atoms with Crippen LogP contribution in [0.1, 0.15) is 55.9 Å². The van der Waals surface area contributed by atoms with Crippen LogP contribution in [0.3, 0.4) is 0 Å². The van der Waals surface area contributed by atoms with Crippen molar-refractivity contribution in [3.63, 3.8) is 0 Å². The molecule has 6 heteroatoms. The zero-order valence-corrected chi connectivity index (χ0v) is 18.3. The van der Waals surface area contributed by atoms with Crippen LogP contribution in [0.5, 0.6) is 0 Å². The van der Waals surface area contributed by atoms with Crippen molar-refractivity contribution in [3.05, 3.63) is 66.1 Å². The Hall–Kier alpha value is -3.15. The van der Waals surface area contributed by atoms with Crippen LogP contribution in [-0.2, 0) is 11.3 Å². The highest BCUT2D eigenvalue weighted by atomic mass is 19.1. The van der Waals surface area contributed by atoms with Crippen molar-refractivity contribution < 1.29 is 14.0 Å². The highest BCUT2D eigenvalue weighted by Gasteiger charge is 2.49. The number of hydrogen-bond acceptors (Lipinski definition) is 2. The van der Waals surface area contributed by atoms with Crippen LogP contribution < -0.4 is 10.2 Å². The SMILES string of the molecule is CC1(C(=O)NC2CCCCCC2)Cn2c(cc3ccccc32)C(=O)N1c1cccc(F)c1. The van der Waals surface area contributed by atoms with Crippen molar-refractivity contribution in [1.29, 1.82) is 0 Å². The van der Waals surface area contributed by atoms with Crippen molar-refractivity contribution in [1.82, 2.24) is 9.88 Å². The molecular formula is C26H28FN3O2. The van der Waals surface area contributed by atoms with Crippen LogP contribution in [0.15, 0.2) is 54.6 Å². The van der Waals surface area contributed by atoms with Gasteiger partial charge in [0.15, 0.2) is 0 Å². The molecule has 2 heterocycles. The van der Waals surface area contributed by atoms with Gasteiger partial charge in [0.25, 0.3) is 5.91 Å². The highest BCUT2D eigenvalue weighted by molar-refractivity contribution is 6.14. The third-order valence-electron chi connectivity index (χ3n) is 6.94. The number of rotatable bonds is 3. The maximum absolute atomic E-state index is 14.1. The van der Waals surface area contributed by atoms with Gasteiger partial charge in [-0.25, -0.2) is 4.39 Å². The number of carbonyl (C=O) groups is 2. The van der Waals surface area contributed by atoms with Crippen LogP contribution in [-0.4, -0.2) is 28.0 Å². The molecule has 2 amide bonds. The Morgan fingerprint density at radius 3 is 2.53 bits per heavy atom. The van der Waals surface area contributed by atoms with Crippen LogP contribution in [0.2, 0.25) is 0 Å². The minimum absolute atomic E-state index is 0.106. The second kappa shape index (κ2) is 8.08. The van der Waals surface area contributed by atoms with Gasteiger partial charge in [-0.1, -0.05) is 49.9 Å². The molecule has 1 atom stereocenters. The summed E-state index contributed by atoms with van der Waals surface area (Å²) in [5, 5.41) is 4.18. The first-order valence-corrected chi connectivity index (χ1v) is 11.5. The average molecular weight is 434 g/mol. The standard InChI is InChI=1S/C26H28FN3O2/c1-26(25(32)28-20-11-4-2-3-5-12-20)17-29-22-14-7-6-9-18(22)15-23(29)24(31)30(26)21-13-8-10-19(27)16-21/h6-10,13-16,20H,2-5,11-12,17H2,1H3,(H,28,32). The number of amides is 2. The summed E-state index contributed by atoms with van der Waals surface area (Å²) in [7, 11) is 0. The summed E-state index contributed by atoms with van der Waals surface area (Å²) in [6, 6.07) is 15.7. The number of para-hydroxylation sites is 1. The number of halogens is 1. The summed E-state index contributed by atoms with van der Waals surface area (Å²) >= 11 is 0. The molecule has 2 aliphatic rings. The molecule has 0 bridgehead atoms. The fourth-order valence-electron chi connectivity index (χ4n) is 5.23. The quantitative estimate of drug-likeness (QED) is 0.589. The summed E-state index contributed by atoms with van der Waals surface area (Å²) in [6.45, 7) is 2.09. The normalized spacial score (nSPS) is 21.9. The molecule has 5 rings (SSSR count). The molecule has 1 N–H and O–H groups in total. The van der Waals surface area contributed by atoms with Crippen molar-refractivity contribution in [2.24, 2.45) is 0 Å². The maximum Gasteiger partial charge on any atom is 0.275 e. The molecule has 1 aromatic heterocycles. The Balaban J connectivity index is 1.60. The van der Waals surface area contributed by atoms with Crippen LogP contribution >= 0.6 is 0 Å². The van der Waals surface area contributed by atoms with Gasteiger partial charge in [-0.05, 0) is 50.1 Å². The number of nitrogens with zero attached hydrogens (tertiary/aromatic N) is 2. The van der Waals surface area contributed by atoms with Gasteiger partial charge in [0.05, 0.1) is 6.54 Å². The topological polar surface area (TPSA) is 54.3 Å². The fourth-order valence-corrected chi connectivity index (χ4v) is 5.23. The van der Waals surface area contributed by atoms with E-state index >= 15 is 0 Å². The van der Waals surface area contributed by atoms with Gasteiger partial charge < -0.3 is 9.88 Å². The molecule has 0 saturated heterocycles. The fraction of sp³-hybridized carbons (Fsp3) is 0.385. The summed E-state index contributed by atoms with van der Waals surface area (Å²) in [4.78, 5) is 29.0. The molecule has 166 valence electrons. The van der Waals surface area contributed by atoms with Crippen molar-refractivity contribution in [2.75, 3.05) is 4.90 Å². The molecule has 1 saturated carbocycles. The summed E-state index contributed by atoms with van der Waals surface area (Å²) in [6.07, 6.45) is 6.48. The second-order valence-corrected chi connectivity index (χ2v) is 9.23. The predicted molar refractivity (Wildman–Crippen MR) is 123 cm³/mol. The molecule has 32 heavy (non-hydrogen) atoms. The lowest BCUT2D eigenvalue weighted by atomic mass is 9.92. The zero-order valence-electron chi connectivity index (χ0n) is 18.3. The first-order chi connectivity index (χ1) is 15.5. The molecule has 5 nitrogen and oxygen atoms in total. The number of aromatic nitrogens is 1. The van der Waals surface area contributed by atoms with Gasteiger partial charge in [0.2, 0.25) is 5.91 Å². The van der Waals surface area contributed by atoms with E-state index in [0.29, 0.717) is 17.9 Å². The smallest absolute Gasteiger partial charge is 0.275 e. The van der Waals surface area contributed by atoms with E-state index in [0.717, 1.165) is 36.6 Å². The Labute approximate surface area is 187 Å². The number of carbonyl (C=O) groups excluding carboxylic acids is 2. The Morgan fingerprint density at radius 2 is 1.78 bits per heavy atom. The lowest BCUT2D eigenvalue weighted by molar-refractivity contribution is -0.127. The third-order valence-corrected chi connectivity index (χ3v) is 6.94. The van der Waals surface area contributed by atoms with Crippen molar-refractivity contribution in [2.45, 2.75) is 63.6 Å². The molecular weight excluding hydrogens is 405 g/mol. The maximum atomic E-state index is 14.1. The van der Waals surface area contributed by atoms with Gasteiger partial charge in [-0.15, -0.1) is 0 Å². The first-order valence-electron chi connectivity index (χ1n) is 11.5. The molecule has 1 fully saturated rings. The minimum Gasteiger partial charge on any atom is -0.351 e. The van der Waals surface area contributed by atoms with E-state index in [1.54, 1.807) is 19.1 Å². The Bertz CT molecular complexity index is 1180. The average Bonchev–Trinajstić information content (AvgIpc) is 2.95. The third kappa shape index (κ3) is 3.48. The van der Waals surface area contributed by atoms with E-state index < -0.39 is 11.4 Å². The minimum atomic E-state index is -1.19. The molecule has 0 spiro atoms. The van der Waals surface area contributed by atoms with E-state index in [4.69, 9.17) is 0 Å². The van der Waals surface area contributed by atoms with Crippen LogP contribution in [0.25, 0.3) is 10.9 Å². The number of fused-ring (bicyclic) bond motifs is 3. The van der Waals surface area contributed by atoms with Crippen molar-refractivity contribution >= 4 is 28.4 Å². The summed E-state index contributed by atoms with van der Waals surface area (Å²) in [5.41, 5.74) is 0.634. The van der Waals surface area contributed by atoms with Gasteiger partial charge in [0, 0.05) is 22.6 Å². The number of hydrogen-bond donors (Lipinski definition) is 1. The Kier molecular flexibility index (Phi) is 5.24.